The molecule has 2 aromatic carbocycles. The number of benzene rings is 2. The third kappa shape index (κ3) is 5.65. The maximum absolute atomic E-state index is 12.5. The lowest BCUT2D eigenvalue weighted by molar-refractivity contribution is -0.895. The van der Waals surface area contributed by atoms with Gasteiger partial charge in [-0.05, 0) is 37.3 Å². The number of quaternary nitrogens is 1. The quantitative estimate of drug-likeness (QED) is 0.663. The number of nitrogens with zero attached hydrogens (tertiary/aromatic N) is 1. The average Bonchev–Trinajstić information content (AvgIpc) is 2.75. The molecule has 0 aromatic heterocycles. The predicted octanol–water partition coefficient (Wildman–Crippen LogP) is 0.416. The SMILES string of the molecule is CCNC(=O)c1cccc(NC(=O)C[NH+]2CCN(C(=O)c3ccccc3)CC2)c1. The van der Waals surface area contributed by atoms with Crippen molar-refractivity contribution in [3.63, 3.8) is 0 Å². The molecule has 152 valence electrons. The molecule has 1 saturated heterocycles. The molecule has 7 heteroatoms. The van der Waals surface area contributed by atoms with Gasteiger partial charge in [-0.2, -0.15) is 0 Å². The summed E-state index contributed by atoms with van der Waals surface area (Å²) in [6.07, 6.45) is 0. The van der Waals surface area contributed by atoms with Crippen LogP contribution >= 0.6 is 0 Å². The van der Waals surface area contributed by atoms with Crippen LogP contribution in [0.5, 0.6) is 0 Å². The first-order chi connectivity index (χ1) is 14.1. The average molecular weight is 395 g/mol. The number of rotatable bonds is 6. The maximum Gasteiger partial charge on any atom is 0.279 e. The molecule has 7 nitrogen and oxygen atoms in total. The van der Waals surface area contributed by atoms with Crippen LogP contribution in [0.15, 0.2) is 54.6 Å². The number of hydrogen-bond acceptors (Lipinski definition) is 3. The Labute approximate surface area is 170 Å². The van der Waals surface area contributed by atoms with Crippen LogP contribution in [0.4, 0.5) is 5.69 Å². The minimum Gasteiger partial charge on any atom is -0.352 e. The van der Waals surface area contributed by atoms with Crippen molar-refractivity contribution in [1.29, 1.82) is 0 Å². The molecule has 1 aliphatic heterocycles. The van der Waals surface area contributed by atoms with E-state index in [0.29, 0.717) is 43.0 Å². The Morgan fingerprint density at radius 3 is 2.34 bits per heavy atom. The second-order valence-corrected chi connectivity index (χ2v) is 7.07. The standard InChI is InChI=1S/C22H26N4O3/c1-2-23-21(28)18-9-6-10-19(15-18)24-20(27)16-25-11-13-26(14-12-25)22(29)17-7-4-3-5-8-17/h3-10,15H,2,11-14,16H2,1H3,(H,23,28)(H,24,27)/p+1. The molecular formula is C22H27N4O3+. The van der Waals surface area contributed by atoms with Crippen molar-refractivity contribution in [3.8, 4) is 0 Å². The summed E-state index contributed by atoms with van der Waals surface area (Å²) in [5, 5.41) is 5.61. The summed E-state index contributed by atoms with van der Waals surface area (Å²) in [6.45, 7) is 5.46. The molecule has 0 saturated carbocycles. The van der Waals surface area contributed by atoms with E-state index in [-0.39, 0.29) is 17.7 Å². The summed E-state index contributed by atoms with van der Waals surface area (Å²) >= 11 is 0. The minimum atomic E-state index is -0.159. The molecule has 2 aromatic rings. The molecule has 1 heterocycles. The summed E-state index contributed by atoms with van der Waals surface area (Å²) < 4.78 is 0. The molecule has 3 rings (SSSR count). The number of nitrogens with one attached hydrogen (secondary N) is 3. The number of carbonyl (C=O) groups is 3. The number of carbonyl (C=O) groups excluding carboxylic acids is 3. The van der Waals surface area contributed by atoms with Crippen molar-refractivity contribution in [2.24, 2.45) is 0 Å². The molecule has 0 unspecified atom stereocenters. The van der Waals surface area contributed by atoms with E-state index in [2.05, 4.69) is 10.6 Å². The highest BCUT2D eigenvalue weighted by Crippen LogP contribution is 2.10. The lowest BCUT2D eigenvalue weighted by Gasteiger charge is -2.32. The van der Waals surface area contributed by atoms with Crippen LogP contribution in [0.3, 0.4) is 0 Å². The molecule has 3 N–H and O–H groups in total. The first kappa shape index (κ1) is 20.5. The largest absolute Gasteiger partial charge is 0.352 e. The van der Waals surface area contributed by atoms with Gasteiger partial charge in [0.1, 0.15) is 0 Å². The molecule has 29 heavy (non-hydrogen) atoms. The Morgan fingerprint density at radius 1 is 0.966 bits per heavy atom. The van der Waals surface area contributed by atoms with Gasteiger partial charge < -0.3 is 20.4 Å². The van der Waals surface area contributed by atoms with Crippen molar-refractivity contribution in [1.82, 2.24) is 10.2 Å². The van der Waals surface area contributed by atoms with Gasteiger partial charge >= 0.3 is 0 Å². The number of amides is 3. The highest BCUT2D eigenvalue weighted by atomic mass is 16.2. The Morgan fingerprint density at radius 2 is 1.66 bits per heavy atom. The normalized spacial score (nSPS) is 14.3. The van der Waals surface area contributed by atoms with E-state index < -0.39 is 0 Å². The second kappa shape index (κ2) is 9.84. The van der Waals surface area contributed by atoms with E-state index in [0.717, 1.165) is 18.0 Å². The summed E-state index contributed by atoms with van der Waals surface area (Å²) in [5.74, 6) is -0.222. The van der Waals surface area contributed by atoms with Crippen LogP contribution in [0.25, 0.3) is 0 Å². The fourth-order valence-corrected chi connectivity index (χ4v) is 3.40. The summed E-state index contributed by atoms with van der Waals surface area (Å²) in [6, 6.07) is 16.2. The van der Waals surface area contributed by atoms with Gasteiger partial charge in [0.25, 0.3) is 17.7 Å². The molecule has 0 aliphatic carbocycles. The third-order valence-corrected chi connectivity index (χ3v) is 4.93. The summed E-state index contributed by atoms with van der Waals surface area (Å²) in [7, 11) is 0. The first-order valence-corrected chi connectivity index (χ1v) is 9.93. The van der Waals surface area contributed by atoms with E-state index in [1.54, 1.807) is 24.3 Å². The van der Waals surface area contributed by atoms with Crippen LogP contribution in [0.1, 0.15) is 27.6 Å². The van der Waals surface area contributed by atoms with E-state index in [1.165, 1.54) is 0 Å². The van der Waals surface area contributed by atoms with Gasteiger partial charge in [-0.15, -0.1) is 0 Å². The van der Waals surface area contributed by atoms with Crippen LogP contribution in [-0.2, 0) is 4.79 Å². The third-order valence-electron chi connectivity index (χ3n) is 4.93. The van der Waals surface area contributed by atoms with Gasteiger partial charge in [0, 0.05) is 23.4 Å². The van der Waals surface area contributed by atoms with Crippen LogP contribution in [-0.4, -0.2) is 61.9 Å². The van der Waals surface area contributed by atoms with E-state index >= 15 is 0 Å². The zero-order valence-corrected chi connectivity index (χ0v) is 16.6. The zero-order valence-electron chi connectivity index (χ0n) is 16.6. The fourth-order valence-electron chi connectivity index (χ4n) is 3.40. The molecule has 1 fully saturated rings. The van der Waals surface area contributed by atoms with Gasteiger partial charge in [-0.25, -0.2) is 0 Å². The second-order valence-electron chi connectivity index (χ2n) is 7.07. The molecular weight excluding hydrogens is 368 g/mol. The van der Waals surface area contributed by atoms with Gasteiger partial charge in [-0.3, -0.25) is 14.4 Å². The molecule has 0 spiro atoms. The van der Waals surface area contributed by atoms with Crippen molar-refractivity contribution in [2.45, 2.75) is 6.92 Å². The Kier molecular flexibility index (Phi) is 6.97. The van der Waals surface area contributed by atoms with Crippen LogP contribution < -0.4 is 15.5 Å². The van der Waals surface area contributed by atoms with Crippen molar-refractivity contribution in [2.75, 3.05) is 44.6 Å². The molecule has 0 atom stereocenters. The molecule has 1 aliphatic rings. The van der Waals surface area contributed by atoms with E-state index in [9.17, 15) is 14.4 Å². The zero-order chi connectivity index (χ0) is 20.6. The maximum atomic E-state index is 12.5. The molecule has 0 bridgehead atoms. The van der Waals surface area contributed by atoms with Crippen molar-refractivity contribution >= 4 is 23.4 Å². The van der Waals surface area contributed by atoms with E-state index in [1.807, 2.05) is 42.2 Å². The van der Waals surface area contributed by atoms with Gasteiger partial charge in [0.15, 0.2) is 6.54 Å². The summed E-state index contributed by atoms with van der Waals surface area (Å²) in [4.78, 5) is 39.8. The highest BCUT2D eigenvalue weighted by molar-refractivity contribution is 5.97. The number of anilines is 1. The smallest absolute Gasteiger partial charge is 0.279 e. The topological polar surface area (TPSA) is 82.9 Å². The Hall–Kier alpha value is -3.19. The lowest BCUT2D eigenvalue weighted by Crippen LogP contribution is -3.15. The van der Waals surface area contributed by atoms with Crippen molar-refractivity contribution in [3.05, 3.63) is 65.7 Å². The number of piperazine rings is 1. The highest BCUT2D eigenvalue weighted by Gasteiger charge is 2.25. The van der Waals surface area contributed by atoms with Crippen LogP contribution in [0, 0.1) is 0 Å². The molecule has 3 amide bonds. The monoisotopic (exact) mass is 395 g/mol. The van der Waals surface area contributed by atoms with Crippen molar-refractivity contribution < 1.29 is 19.3 Å². The molecule has 0 radical (unpaired) electrons. The van der Waals surface area contributed by atoms with Gasteiger partial charge in [0.05, 0.1) is 26.2 Å². The summed E-state index contributed by atoms with van der Waals surface area (Å²) in [5.41, 5.74) is 1.82. The Balaban J connectivity index is 1.48. The van der Waals surface area contributed by atoms with E-state index in [4.69, 9.17) is 0 Å². The predicted molar refractivity (Wildman–Crippen MR) is 111 cm³/mol. The van der Waals surface area contributed by atoms with Gasteiger partial charge in [0.2, 0.25) is 0 Å². The first-order valence-electron chi connectivity index (χ1n) is 9.93. The fraction of sp³-hybridized carbons (Fsp3) is 0.318. The number of hydrogen-bond donors (Lipinski definition) is 3. The lowest BCUT2D eigenvalue weighted by atomic mass is 10.2. The minimum absolute atomic E-state index is 0.0382. The Bertz CT molecular complexity index is 861. The van der Waals surface area contributed by atoms with Gasteiger partial charge in [-0.1, -0.05) is 24.3 Å². The van der Waals surface area contributed by atoms with Crippen LogP contribution in [0.2, 0.25) is 0 Å².